The monoisotopic (exact) mass is 207 g/mol. The van der Waals surface area contributed by atoms with Crippen LogP contribution in [0.5, 0.6) is 0 Å². The number of hydrogen-bond acceptors (Lipinski definition) is 4. The van der Waals surface area contributed by atoms with Crippen molar-refractivity contribution in [1.82, 2.24) is 4.98 Å². The Labute approximate surface area is 77.4 Å². The zero-order valence-electron chi connectivity index (χ0n) is 7.01. The van der Waals surface area contributed by atoms with Crippen LogP contribution in [0.2, 0.25) is 0 Å². The standard InChI is InChI=1S/C7H7F2NO2S/c1-7(8,9)4-3-13-5(10-4)6(11)12-2/h3H,1-2H3. The molecule has 1 aromatic heterocycles. The molecule has 0 saturated carbocycles. The lowest BCUT2D eigenvalue weighted by atomic mass is 10.3. The minimum atomic E-state index is -3.01. The molecule has 0 aliphatic rings. The second kappa shape index (κ2) is 3.37. The maximum Gasteiger partial charge on any atom is 0.367 e. The molecule has 0 N–H and O–H groups in total. The third-order valence-electron chi connectivity index (χ3n) is 1.31. The van der Waals surface area contributed by atoms with Gasteiger partial charge in [0.2, 0.25) is 5.01 Å². The van der Waals surface area contributed by atoms with Crippen molar-refractivity contribution in [2.45, 2.75) is 12.8 Å². The van der Waals surface area contributed by atoms with Gasteiger partial charge in [0.15, 0.2) is 0 Å². The Balaban J connectivity index is 2.93. The summed E-state index contributed by atoms with van der Waals surface area (Å²) in [7, 11) is 1.17. The van der Waals surface area contributed by atoms with E-state index in [1.807, 2.05) is 0 Å². The maximum atomic E-state index is 12.6. The smallest absolute Gasteiger partial charge is 0.367 e. The van der Waals surface area contributed by atoms with E-state index in [1.54, 1.807) is 0 Å². The molecule has 0 spiro atoms. The van der Waals surface area contributed by atoms with Crippen molar-refractivity contribution in [3.8, 4) is 0 Å². The molecule has 1 rings (SSSR count). The van der Waals surface area contributed by atoms with E-state index < -0.39 is 17.6 Å². The average molecular weight is 207 g/mol. The van der Waals surface area contributed by atoms with Gasteiger partial charge in [0.25, 0.3) is 5.92 Å². The summed E-state index contributed by atoms with van der Waals surface area (Å²) in [5, 5.41) is 1.09. The number of ether oxygens (including phenoxy) is 1. The normalized spacial score (nSPS) is 11.4. The first kappa shape index (κ1) is 10.0. The summed E-state index contributed by atoms with van der Waals surface area (Å²) in [5.74, 6) is -3.71. The van der Waals surface area contributed by atoms with Crippen molar-refractivity contribution in [2.24, 2.45) is 0 Å². The first-order chi connectivity index (χ1) is 5.95. The number of thiazole rings is 1. The number of carbonyl (C=O) groups excluding carboxylic acids is 1. The van der Waals surface area contributed by atoms with Crippen LogP contribution >= 0.6 is 11.3 Å². The van der Waals surface area contributed by atoms with Crippen molar-refractivity contribution in [1.29, 1.82) is 0 Å². The second-order valence-electron chi connectivity index (χ2n) is 2.42. The van der Waals surface area contributed by atoms with Gasteiger partial charge >= 0.3 is 5.97 Å². The quantitative estimate of drug-likeness (QED) is 0.696. The van der Waals surface area contributed by atoms with Gasteiger partial charge in [-0.3, -0.25) is 0 Å². The number of hydrogen-bond donors (Lipinski definition) is 0. The van der Waals surface area contributed by atoms with Crippen molar-refractivity contribution in [3.05, 3.63) is 16.1 Å². The molecule has 72 valence electrons. The lowest BCUT2D eigenvalue weighted by Gasteiger charge is -2.04. The minimum Gasteiger partial charge on any atom is -0.464 e. The van der Waals surface area contributed by atoms with Gasteiger partial charge in [-0.05, 0) is 0 Å². The van der Waals surface area contributed by atoms with E-state index in [1.165, 1.54) is 7.11 Å². The number of nitrogens with zero attached hydrogens (tertiary/aromatic N) is 1. The molecule has 0 aliphatic carbocycles. The molecule has 0 atom stereocenters. The molecule has 0 bridgehead atoms. The van der Waals surface area contributed by atoms with Crippen LogP contribution in [0.15, 0.2) is 5.38 Å². The molecule has 1 aromatic rings. The molecule has 0 aromatic carbocycles. The van der Waals surface area contributed by atoms with E-state index in [2.05, 4.69) is 9.72 Å². The number of rotatable bonds is 2. The molecule has 0 radical (unpaired) electrons. The molecule has 0 fully saturated rings. The largest absolute Gasteiger partial charge is 0.464 e. The highest BCUT2D eigenvalue weighted by Gasteiger charge is 2.28. The van der Waals surface area contributed by atoms with E-state index in [0.717, 1.165) is 23.6 Å². The fraction of sp³-hybridized carbons (Fsp3) is 0.429. The van der Waals surface area contributed by atoms with Crippen LogP contribution in [-0.4, -0.2) is 18.1 Å². The van der Waals surface area contributed by atoms with Crippen LogP contribution in [0.25, 0.3) is 0 Å². The molecule has 0 saturated heterocycles. The Morgan fingerprint density at radius 2 is 2.31 bits per heavy atom. The summed E-state index contributed by atoms with van der Waals surface area (Å²) in [6.45, 7) is 0.725. The summed E-state index contributed by atoms with van der Waals surface area (Å²) >= 11 is 0.843. The molecular formula is C7H7F2NO2S. The Morgan fingerprint density at radius 1 is 1.69 bits per heavy atom. The van der Waals surface area contributed by atoms with E-state index in [9.17, 15) is 13.6 Å². The van der Waals surface area contributed by atoms with Crippen molar-refractivity contribution in [3.63, 3.8) is 0 Å². The molecule has 0 unspecified atom stereocenters. The Morgan fingerprint density at radius 3 is 2.69 bits per heavy atom. The molecule has 1 heterocycles. The van der Waals surface area contributed by atoms with Crippen molar-refractivity contribution in [2.75, 3.05) is 7.11 Å². The number of alkyl halides is 2. The summed E-state index contributed by atoms with van der Waals surface area (Å²) in [4.78, 5) is 14.3. The number of methoxy groups -OCH3 is 1. The zero-order chi connectivity index (χ0) is 10.1. The van der Waals surface area contributed by atoms with Gasteiger partial charge in [0, 0.05) is 12.3 Å². The number of carbonyl (C=O) groups is 1. The lowest BCUT2D eigenvalue weighted by Crippen LogP contribution is -2.09. The molecule has 0 amide bonds. The molecule has 0 aliphatic heterocycles. The highest BCUT2D eigenvalue weighted by Crippen LogP contribution is 2.27. The highest BCUT2D eigenvalue weighted by molar-refractivity contribution is 7.11. The first-order valence-corrected chi connectivity index (χ1v) is 4.25. The predicted octanol–water partition coefficient (Wildman–Crippen LogP) is 2.04. The van der Waals surface area contributed by atoms with Gasteiger partial charge in [0.05, 0.1) is 7.11 Å². The summed E-state index contributed by atoms with van der Waals surface area (Å²) in [6.07, 6.45) is 0. The van der Waals surface area contributed by atoms with Crippen LogP contribution in [-0.2, 0) is 10.7 Å². The average Bonchev–Trinajstić information content (AvgIpc) is 2.50. The lowest BCUT2D eigenvalue weighted by molar-refractivity contribution is 0.0132. The topological polar surface area (TPSA) is 39.2 Å². The van der Waals surface area contributed by atoms with E-state index >= 15 is 0 Å². The molecule has 3 nitrogen and oxygen atoms in total. The molecule has 6 heteroatoms. The fourth-order valence-electron chi connectivity index (χ4n) is 0.656. The predicted molar refractivity (Wildman–Crippen MR) is 43.0 cm³/mol. The Hall–Kier alpha value is -1.04. The van der Waals surface area contributed by atoms with E-state index in [4.69, 9.17) is 0 Å². The van der Waals surface area contributed by atoms with E-state index in [-0.39, 0.29) is 5.01 Å². The van der Waals surface area contributed by atoms with Crippen LogP contribution in [0.3, 0.4) is 0 Å². The number of esters is 1. The maximum absolute atomic E-state index is 12.6. The third kappa shape index (κ3) is 2.21. The van der Waals surface area contributed by atoms with Gasteiger partial charge in [-0.25, -0.2) is 9.78 Å². The molecule has 13 heavy (non-hydrogen) atoms. The van der Waals surface area contributed by atoms with Crippen LogP contribution in [0.1, 0.15) is 22.4 Å². The molecular weight excluding hydrogens is 200 g/mol. The summed E-state index contributed by atoms with van der Waals surface area (Å²) in [5.41, 5.74) is -0.405. The van der Waals surface area contributed by atoms with Crippen LogP contribution in [0, 0.1) is 0 Å². The summed E-state index contributed by atoms with van der Waals surface area (Å²) < 4.78 is 29.6. The van der Waals surface area contributed by atoms with Gasteiger partial charge in [-0.1, -0.05) is 0 Å². The second-order valence-corrected chi connectivity index (χ2v) is 3.28. The fourth-order valence-corrected chi connectivity index (χ4v) is 1.47. The van der Waals surface area contributed by atoms with Crippen molar-refractivity contribution < 1.29 is 18.3 Å². The third-order valence-corrected chi connectivity index (χ3v) is 2.14. The Kier molecular flexibility index (Phi) is 2.60. The Bertz CT molecular complexity index is 319. The van der Waals surface area contributed by atoms with Gasteiger partial charge < -0.3 is 4.74 Å². The van der Waals surface area contributed by atoms with Gasteiger partial charge in [-0.2, -0.15) is 8.78 Å². The number of halogens is 2. The van der Waals surface area contributed by atoms with Crippen LogP contribution in [0.4, 0.5) is 8.78 Å². The minimum absolute atomic E-state index is 0.0565. The number of aromatic nitrogens is 1. The van der Waals surface area contributed by atoms with Gasteiger partial charge in [-0.15, -0.1) is 11.3 Å². The zero-order valence-corrected chi connectivity index (χ0v) is 7.82. The van der Waals surface area contributed by atoms with E-state index in [0.29, 0.717) is 0 Å². The summed E-state index contributed by atoms with van der Waals surface area (Å²) in [6, 6.07) is 0. The highest BCUT2D eigenvalue weighted by atomic mass is 32.1. The van der Waals surface area contributed by atoms with Gasteiger partial charge in [0.1, 0.15) is 5.69 Å². The SMILES string of the molecule is COC(=O)c1nc(C(C)(F)F)cs1. The first-order valence-electron chi connectivity index (χ1n) is 3.37. The van der Waals surface area contributed by atoms with Crippen molar-refractivity contribution >= 4 is 17.3 Å². The van der Waals surface area contributed by atoms with Crippen LogP contribution < -0.4 is 0 Å².